The van der Waals surface area contributed by atoms with Gasteiger partial charge in [-0.05, 0) is 49.7 Å². The van der Waals surface area contributed by atoms with Gasteiger partial charge >= 0.3 is 0 Å². The first-order chi connectivity index (χ1) is 13.1. The summed E-state index contributed by atoms with van der Waals surface area (Å²) in [7, 11) is 0. The molecule has 0 aliphatic heterocycles. The van der Waals surface area contributed by atoms with Crippen LogP contribution in [-0.4, -0.2) is 28.1 Å². The third-order valence-corrected chi connectivity index (χ3v) is 6.30. The average Bonchev–Trinajstić information content (AvgIpc) is 2.72. The molecular formula is C21H30N2O4. The van der Waals surface area contributed by atoms with Crippen molar-refractivity contribution in [1.29, 1.82) is 0 Å². The van der Waals surface area contributed by atoms with Gasteiger partial charge in [-0.2, -0.15) is 0 Å². The molecule has 148 valence electrons. The number of hydrogen-bond donors (Lipinski definition) is 2. The van der Waals surface area contributed by atoms with Crippen molar-refractivity contribution in [3.05, 3.63) is 39.9 Å². The summed E-state index contributed by atoms with van der Waals surface area (Å²) in [6.45, 7) is 0. The highest BCUT2D eigenvalue weighted by Gasteiger charge is 2.35. The molecule has 0 aromatic heterocycles. The SMILES string of the molecule is O=C(N[C@@H](C1CCCCC1)[C@@H](O)C1CCCCC1)c1ccc([N+](=O)[O-])cc1. The van der Waals surface area contributed by atoms with E-state index in [9.17, 15) is 20.0 Å². The zero-order chi connectivity index (χ0) is 19.2. The average molecular weight is 374 g/mol. The lowest BCUT2D eigenvalue weighted by Crippen LogP contribution is -2.51. The molecule has 0 unspecified atom stereocenters. The standard InChI is InChI=1S/C21H30N2O4/c24-20(16-9-5-2-6-10-16)19(15-7-3-1-4-8-15)22-21(25)17-11-13-18(14-12-17)23(26)27/h11-16,19-20,24H,1-10H2,(H,22,25)/t19-,20-/m0/s1. The minimum absolute atomic E-state index is 0.0300. The van der Waals surface area contributed by atoms with E-state index in [-0.39, 0.29) is 23.6 Å². The van der Waals surface area contributed by atoms with Crippen LogP contribution >= 0.6 is 0 Å². The van der Waals surface area contributed by atoms with Crippen LogP contribution in [0.2, 0.25) is 0 Å². The smallest absolute Gasteiger partial charge is 0.269 e. The lowest BCUT2D eigenvalue weighted by Gasteiger charge is -2.38. The number of nitro groups is 1. The van der Waals surface area contributed by atoms with Gasteiger partial charge in [0.25, 0.3) is 11.6 Å². The molecular weight excluding hydrogens is 344 g/mol. The second-order valence-electron chi connectivity index (χ2n) is 8.09. The minimum atomic E-state index is -0.518. The van der Waals surface area contributed by atoms with Crippen molar-refractivity contribution in [3.8, 4) is 0 Å². The number of benzene rings is 1. The monoisotopic (exact) mass is 374 g/mol. The van der Waals surface area contributed by atoms with Crippen LogP contribution in [0.25, 0.3) is 0 Å². The van der Waals surface area contributed by atoms with E-state index in [0.717, 1.165) is 51.4 Å². The Kier molecular flexibility index (Phi) is 6.83. The predicted octanol–water partition coefficient (Wildman–Crippen LogP) is 4.21. The summed E-state index contributed by atoms with van der Waals surface area (Å²) in [5.74, 6) is 0.302. The molecule has 0 saturated heterocycles. The van der Waals surface area contributed by atoms with Gasteiger partial charge in [-0.15, -0.1) is 0 Å². The van der Waals surface area contributed by atoms with E-state index in [1.54, 1.807) is 0 Å². The van der Waals surface area contributed by atoms with Crippen LogP contribution in [0.15, 0.2) is 24.3 Å². The van der Waals surface area contributed by atoms with E-state index >= 15 is 0 Å². The van der Waals surface area contributed by atoms with E-state index in [2.05, 4.69) is 5.32 Å². The Morgan fingerprint density at radius 3 is 2.00 bits per heavy atom. The maximum Gasteiger partial charge on any atom is 0.269 e. The van der Waals surface area contributed by atoms with Gasteiger partial charge in [0, 0.05) is 17.7 Å². The molecule has 0 spiro atoms. The quantitative estimate of drug-likeness (QED) is 0.576. The van der Waals surface area contributed by atoms with Gasteiger partial charge in [0.1, 0.15) is 0 Å². The Bertz CT molecular complexity index is 634. The fourth-order valence-electron chi connectivity index (χ4n) is 4.71. The van der Waals surface area contributed by atoms with Gasteiger partial charge in [-0.3, -0.25) is 14.9 Å². The highest BCUT2D eigenvalue weighted by Crippen LogP contribution is 2.34. The lowest BCUT2D eigenvalue weighted by atomic mass is 9.75. The Morgan fingerprint density at radius 1 is 0.963 bits per heavy atom. The van der Waals surface area contributed by atoms with E-state index in [4.69, 9.17) is 0 Å². The van der Waals surface area contributed by atoms with E-state index in [0.29, 0.717) is 11.5 Å². The molecule has 3 rings (SSSR count). The normalized spacial score (nSPS) is 21.4. The second kappa shape index (κ2) is 9.31. The van der Waals surface area contributed by atoms with Crippen molar-refractivity contribution in [2.45, 2.75) is 76.4 Å². The molecule has 27 heavy (non-hydrogen) atoms. The zero-order valence-corrected chi connectivity index (χ0v) is 15.8. The number of non-ortho nitro benzene ring substituents is 1. The number of rotatable bonds is 6. The number of hydrogen-bond acceptors (Lipinski definition) is 4. The summed E-state index contributed by atoms with van der Waals surface area (Å²) < 4.78 is 0. The largest absolute Gasteiger partial charge is 0.391 e. The third-order valence-electron chi connectivity index (χ3n) is 6.30. The van der Waals surface area contributed by atoms with Gasteiger partial charge < -0.3 is 10.4 Å². The van der Waals surface area contributed by atoms with Crippen molar-refractivity contribution < 1.29 is 14.8 Å². The number of nitrogens with zero attached hydrogens (tertiary/aromatic N) is 1. The molecule has 1 amide bonds. The van der Waals surface area contributed by atoms with E-state index in [1.165, 1.54) is 37.1 Å². The molecule has 6 nitrogen and oxygen atoms in total. The molecule has 2 aliphatic rings. The minimum Gasteiger partial charge on any atom is -0.391 e. The fraction of sp³-hybridized carbons (Fsp3) is 0.667. The molecule has 1 aromatic rings. The van der Waals surface area contributed by atoms with Gasteiger partial charge in [-0.25, -0.2) is 0 Å². The van der Waals surface area contributed by atoms with Gasteiger partial charge in [0.15, 0.2) is 0 Å². The first-order valence-electron chi connectivity index (χ1n) is 10.3. The molecule has 2 saturated carbocycles. The summed E-state index contributed by atoms with van der Waals surface area (Å²) in [5.41, 5.74) is 0.370. The molecule has 2 N–H and O–H groups in total. The summed E-state index contributed by atoms with van der Waals surface area (Å²) in [6, 6.07) is 5.43. The number of aliphatic hydroxyl groups is 1. The van der Waals surface area contributed by atoms with Crippen molar-refractivity contribution in [2.75, 3.05) is 0 Å². The highest BCUT2D eigenvalue weighted by molar-refractivity contribution is 5.94. The number of aliphatic hydroxyl groups excluding tert-OH is 1. The van der Waals surface area contributed by atoms with Crippen LogP contribution < -0.4 is 5.32 Å². The molecule has 6 heteroatoms. The van der Waals surface area contributed by atoms with E-state index < -0.39 is 11.0 Å². The van der Waals surface area contributed by atoms with Crippen LogP contribution in [-0.2, 0) is 0 Å². The Hall–Kier alpha value is -1.95. The maximum atomic E-state index is 12.8. The molecule has 2 fully saturated rings. The Balaban J connectivity index is 1.73. The summed E-state index contributed by atoms with van der Waals surface area (Å²) >= 11 is 0. The fourth-order valence-corrected chi connectivity index (χ4v) is 4.71. The number of carbonyl (C=O) groups excluding carboxylic acids is 1. The number of nitro benzene ring substituents is 1. The Labute approximate surface area is 160 Å². The number of amides is 1. The van der Waals surface area contributed by atoms with Crippen LogP contribution in [0, 0.1) is 22.0 Å². The van der Waals surface area contributed by atoms with Crippen LogP contribution in [0.3, 0.4) is 0 Å². The molecule has 2 atom stereocenters. The van der Waals surface area contributed by atoms with E-state index in [1.807, 2.05) is 0 Å². The third kappa shape index (κ3) is 5.06. The molecule has 0 heterocycles. The highest BCUT2D eigenvalue weighted by atomic mass is 16.6. The van der Waals surface area contributed by atoms with Gasteiger partial charge in [0.2, 0.25) is 0 Å². The lowest BCUT2D eigenvalue weighted by molar-refractivity contribution is -0.384. The van der Waals surface area contributed by atoms with Crippen molar-refractivity contribution >= 4 is 11.6 Å². The molecule has 0 bridgehead atoms. The van der Waals surface area contributed by atoms with Crippen LogP contribution in [0.1, 0.15) is 74.6 Å². The maximum absolute atomic E-state index is 12.8. The van der Waals surface area contributed by atoms with Crippen LogP contribution in [0.4, 0.5) is 5.69 Å². The molecule has 2 aliphatic carbocycles. The predicted molar refractivity (Wildman–Crippen MR) is 104 cm³/mol. The second-order valence-corrected chi connectivity index (χ2v) is 8.09. The summed E-state index contributed by atoms with van der Waals surface area (Å²) in [6.07, 6.45) is 10.6. The number of nitrogens with one attached hydrogen (secondary N) is 1. The van der Waals surface area contributed by atoms with Crippen molar-refractivity contribution in [1.82, 2.24) is 5.32 Å². The van der Waals surface area contributed by atoms with Gasteiger partial charge in [0.05, 0.1) is 17.1 Å². The first-order valence-corrected chi connectivity index (χ1v) is 10.3. The first kappa shape index (κ1) is 19.8. The molecule has 0 radical (unpaired) electrons. The van der Waals surface area contributed by atoms with Gasteiger partial charge in [-0.1, -0.05) is 38.5 Å². The van der Waals surface area contributed by atoms with Crippen LogP contribution in [0.5, 0.6) is 0 Å². The van der Waals surface area contributed by atoms with Crippen molar-refractivity contribution in [2.24, 2.45) is 11.8 Å². The van der Waals surface area contributed by atoms with Crippen molar-refractivity contribution in [3.63, 3.8) is 0 Å². The number of carbonyl (C=O) groups is 1. The molecule has 1 aromatic carbocycles. The summed E-state index contributed by atoms with van der Waals surface area (Å²) in [5, 5.41) is 25.0. The Morgan fingerprint density at radius 2 is 1.48 bits per heavy atom. The summed E-state index contributed by atoms with van der Waals surface area (Å²) in [4.78, 5) is 23.1. The topological polar surface area (TPSA) is 92.5 Å². The zero-order valence-electron chi connectivity index (χ0n) is 15.8.